The Bertz CT molecular complexity index is 267. The third-order valence-corrected chi connectivity index (χ3v) is 2.77. The molecule has 1 rings (SSSR count). The van der Waals surface area contributed by atoms with Gasteiger partial charge in [0.15, 0.2) is 0 Å². The Hall–Kier alpha value is -0.830. The summed E-state index contributed by atoms with van der Waals surface area (Å²) in [4.78, 5) is 0. The second-order valence-corrected chi connectivity index (χ2v) is 5.17. The summed E-state index contributed by atoms with van der Waals surface area (Å²) in [5.74, 6) is 0.797. The normalized spacial score (nSPS) is 15.3. The minimum atomic E-state index is 0.474. The first-order chi connectivity index (χ1) is 7.58. The molecule has 3 heteroatoms. The van der Waals surface area contributed by atoms with Gasteiger partial charge in [0.25, 0.3) is 0 Å². The Morgan fingerprint density at radius 1 is 1.12 bits per heavy atom. The SMILES string of the molecule is CC(C)CCC(C)NC(C)Cn1cccn1. The summed E-state index contributed by atoms with van der Waals surface area (Å²) in [6.07, 6.45) is 6.38. The van der Waals surface area contributed by atoms with Gasteiger partial charge in [-0.25, -0.2) is 0 Å². The molecule has 16 heavy (non-hydrogen) atoms. The summed E-state index contributed by atoms with van der Waals surface area (Å²) < 4.78 is 1.98. The first-order valence-electron chi connectivity index (χ1n) is 6.31. The van der Waals surface area contributed by atoms with Crippen molar-refractivity contribution in [3.8, 4) is 0 Å². The Labute approximate surface area is 99.2 Å². The molecule has 2 unspecified atom stereocenters. The van der Waals surface area contributed by atoms with Gasteiger partial charge in [-0.1, -0.05) is 13.8 Å². The van der Waals surface area contributed by atoms with Crippen molar-refractivity contribution in [2.24, 2.45) is 5.92 Å². The van der Waals surface area contributed by atoms with Crippen molar-refractivity contribution < 1.29 is 0 Å². The van der Waals surface area contributed by atoms with Crippen LogP contribution in [0.4, 0.5) is 0 Å². The van der Waals surface area contributed by atoms with E-state index in [9.17, 15) is 0 Å². The van der Waals surface area contributed by atoms with Gasteiger partial charge < -0.3 is 5.32 Å². The maximum Gasteiger partial charge on any atom is 0.0560 e. The minimum Gasteiger partial charge on any atom is -0.310 e. The van der Waals surface area contributed by atoms with Crippen LogP contribution in [0.3, 0.4) is 0 Å². The van der Waals surface area contributed by atoms with Gasteiger partial charge in [0.2, 0.25) is 0 Å². The van der Waals surface area contributed by atoms with Crippen molar-refractivity contribution in [1.29, 1.82) is 0 Å². The summed E-state index contributed by atoms with van der Waals surface area (Å²) in [5, 5.41) is 7.83. The predicted octanol–water partition coefficient (Wildman–Crippen LogP) is 2.69. The summed E-state index contributed by atoms with van der Waals surface area (Å²) >= 11 is 0. The van der Waals surface area contributed by atoms with Crippen LogP contribution >= 0.6 is 0 Å². The Kier molecular flexibility index (Phi) is 5.53. The van der Waals surface area contributed by atoms with Crippen molar-refractivity contribution in [1.82, 2.24) is 15.1 Å². The van der Waals surface area contributed by atoms with E-state index in [0.29, 0.717) is 12.1 Å². The van der Waals surface area contributed by atoms with Gasteiger partial charge in [0.1, 0.15) is 0 Å². The van der Waals surface area contributed by atoms with Gasteiger partial charge >= 0.3 is 0 Å². The highest BCUT2D eigenvalue weighted by Gasteiger charge is 2.08. The first kappa shape index (κ1) is 13.2. The molecule has 0 amide bonds. The lowest BCUT2D eigenvalue weighted by Crippen LogP contribution is -2.37. The monoisotopic (exact) mass is 223 g/mol. The topological polar surface area (TPSA) is 29.9 Å². The van der Waals surface area contributed by atoms with Crippen LogP contribution in [-0.4, -0.2) is 21.9 Å². The van der Waals surface area contributed by atoms with Crippen LogP contribution in [0, 0.1) is 5.92 Å². The molecule has 3 nitrogen and oxygen atoms in total. The lowest BCUT2D eigenvalue weighted by Gasteiger charge is -2.20. The third kappa shape index (κ3) is 5.31. The number of hydrogen-bond donors (Lipinski definition) is 1. The second-order valence-electron chi connectivity index (χ2n) is 5.17. The van der Waals surface area contributed by atoms with E-state index in [1.165, 1.54) is 12.8 Å². The Morgan fingerprint density at radius 2 is 1.88 bits per heavy atom. The molecule has 1 aromatic rings. The van der Waals surface area contributed by atoms with Crippen LogP contribution in [-0.2, 0) is 6.54 Å². The standard InChI is InChI=1S/C13H25N3/c1-11(2)6-7-12(3)15-13(4)10-16-9-5-8-14-16/h5,8-9,11-13,15H,6-7,10H2,1-4H3. The van der Waals surface area contributed by atoms with E-state index in [0.717, 1.165) is 12.5 Å². The zero-order valence-corrected chi connectivity index (χ0v) is 11.0. The van der Waals surface area contributed by atoms with Crippen molar-refractivity contribution in [2.45, 2.75) is 59.2 Å². The summed E-state index contributed by atoms with van der Waals surface area (Å²) in [6.45, 7) is 9.98. The molecule has 0 saturated carbocycles. The molecule has 0 saturated heterocycles. The number of aromatic nitrogens is 2. The molecule has 1 N–H and O–H groups in total. The molecule has 1 heterocycles. The molecule has 2 atom stereocenters. The van der Waals surface area contributed by atoms with E-state index in [4.69, 9.17) is 0 Å². The minimum absolute atomic E-state index is 0.474. The first-order valence-corrected chi connectivity index (χ1v) is 6.31. The average molecular weight is 223 g/mol. The average Bonchev–Trinajstić information content (AvgIpc) is 2.67. The van der Waals surface area contributed by atoms with E-state index in [1.54, 1.807) is 0 Å². The summed E-state index contributed by atoms with van der Waals surface area (Å²) in [7, 11) is 0. The quantitative estimate of drug-likeness (QED) is 0.770. The van der Waals surface area contributed by atoms with Crippen molar-refractivity contribution in [3.63, 3.8) is 0 Å². The molecule has 0 bridgehead atoms. The molecule has 0 radical (unpaired) electrons. The maximum absolute atomic E-state index is 4.21. The van der Waals surface area contributed by atoms with Crippen molar-refractivity contribution in [2.75, 3.05) is 0 Å². The van der Waals surface area contributed by atoms with E-state index >= 15 is 0 Å². The molecule has 0 aliphatic heterocycles. The largest absolute Gasteiger partial charge is 0.310 e. The Balaban J connectivity index is 2.20. The van der Waals surface area contributed by atoms with E-state index in [1.807, 2.05) is 23.1 Å². The van der Waals surface area contributed by atoms with E-state index in [2.05, 4.69) is 38.1 Å². The molecule has 0 aliphatic carbocycles. The summed E-state index contributed by atoms with van der Waals surface area (Å²) in [5.41, 5.74) is 0. The van der Waals surface area contributed by atoms with Crippen LogP contribution in [0.25, 0.3) is 0 Å². The van der Waals surface area contributed by atoms with E-state index in [-0.39, 0.29) is 0 Å². The van der Waals surface area contributed by atoms with Gasteiger partial charge in [-0.3, -0.25) is 4.68 Å². The van der Waals surface area contributed by atoms with Gasteiger partial charge in [-0.2, -0.15) is 5.10 Å². The lowest BCUT2D eigenvalue weighted by atomic mass is 10.0. The zero-order chi connectivity index (χ0) is 12.0. The zero-order valence-electron chi connectivity index (χ0n) is 11.0. The molecule has 0 aliphatic rings. The van der Waals surface area contributed by atoms with E-state index < -0.39 is 0 Å². The van der Waals surface area contributed by atoms with Crippen LogP contribution in [0.2, 0.25) is 0 Å². The predicted molar refractivity (Wildman–Crippen MR) is 68.4 cm³/mol. The molecule has 0 aromatic carbocycles. The highest BCUT2D eigenvalue weighted by molar-refractivity contribution is 4.79. The highest BCUT2D eigenvalue weighted by Crippen LogP contribution is 2.07. The molecule has 0 spiro atoms. The van der Waals surface area contributed by atoms with Crippen molar-refractivity contribution >= 4 is 0 Å². The van der Waals surface area contributed by atoms with Crippen LogP contribution in [0.5, 0.6) is 0 Å². The van der Waals surface area contributed by atoms with Gasteiger partial charge in [0, 0.05) is 24.5 Å². The smallest absolute Gasteiger partial charge is 0.0560 e. The maximum atomic E-state index is 4.21. The molecule has 92 valence electrons. The summed E-state index contributed by atoms with van der Waals surface area (Å²) in [6, 6.07) is 3.03. The Morgan fingerprint density at radius 3 is 2.44 bits per heavy atom. The van der Waals surface area contributed by atoms with Crippen LogP contribution in [0.15, 0.2) is 18.5 Å². The lowest BCUT2D eigenvalue weighted by molar-refractivity contribution is 0.376. The number of rotatable bonds is 7. The van der Waals surface area contributed by atoms with Gasteiger partial charge in [0.05, 0.1) is 6.54 Å². The molecule has 1 aromatic heterocycles. The molecular weight excluding hydrogens is 198 g/mol. The fourth-order valence-electron chi connectivity index (χ4n) is 1.89. The fourth-order valence-corrected chi connectivity index (χ4v) is 1.89. The van der Waals surface area contributed by atoms with Crippen molar-refractivity contribution in [3.05, 3.63) is 18.5 Å². The van der Waals surface area contributed by atoms with Crippen LogP contribution in [0.1, 0.15) is 40.5 Å². The molecule has 0 fully saturated rings. The highest BCUT2D eigenvalue weighted by atomic mass is 15.3. The van der Waals surface area contributed by atoms with Crippen LogP contribution < -0.4 is 5.32 Å². The van der Waals surface area contributed by atoms with Gasteiger partial charge in [-0.05, 0) is 38.7 Å². The fraction of sp³-hybridized carbons (Fsp3) is 0.769. The molecular formula is C13H25N3. The van der Waals surface area contributed by atoms with Gasteiger partial charge in [-0.15, -0.1) is 0 Å². The third-order valence-electron chi connectivity index (χ3n) is 2.77. The number of hydrogen-bond acceptors (Lipinski definition) is 2. The number of nitrogens with one attached hydrogen (secondary N) is 1. The number of nitrogens with zero attached hydrogens (tertiary/aromatic N) is 2. The second kappa shape index (κ2) is 6.69.